The van der Waals surface area contributed by atoms with Gasteiger partial charge in [-0.05, 0) is 25.7 Å². The van der Waals surface area contributed by atoms with Crippen molar-refractivity contribution in [1.82, 2.24) is 0 Å². The van der Waals surface area contributed by atoms with Gasteiger partial charge >= 0.3 is 7.82 Å². The van der Waals surface area contributed by atoms with Gasteiger partial charge < -0.3 is 0 Å². The Kier molecular flexibility index (Phi) is 7.36. The molecule has 0 spiro atoms. The van der Waals surface area contributed by atoms with Crippen molar-refractivity contribution in [3.05, 3.63) is 0 Å². The number of hydrogen-bond donors (Lipinski definition) is 0. The van der Waals surface area contributed by atoms with Crippen molar-refractivity contribution in [2.75, 3.05) is 13.2 Å². The molecule has 1 fully saturated rings. The van der Waals surface area contributed by atoms with E-state index in [0.717, 1.165) is 38.5 Å². The maximum absolute atomic E-state index is 12.3. The van der Waals surface area contributed by atoms with E-state index >= 15 is 0 Å². The van der Waals surface area contributed by atoms with Gasteiger partial charge in [0.15, 0.2) is 0 Å². The van der Waals surface area contributed by atoms with Gasteiger partial charge in [-0.25, -0.2) is 4.57 Å². The van der Waals surface area contributed by atoms with E-state index in [2.05, 4.69) is 0 Å². The van der Waals surface area contributed by atoms with E-state index in [1.807, 2.05) is 13.8 Å². The molecule has 0 aromatic rings. The Bertz CT molecular complexity index is 227. The summed E-state index contributed by atoms with van der Waals surface area (Å²) in [6.07, 6.45) is 7.14. The highest BCUT2D eigenvalue weighted by molar-refractivity contribution is 7.48. The Morgan fingerprint density at radius 2 is 1.53 bits per heavy atom. The molecule has 1 rings (SSSR count). The summed E-state index contributed by atoms with van der Waals surface area (Å²) in [5.74, 6) is 0. The molecule has 0 aromatic carbocycles. The van der Waals surface area contributed by atoms with E-state index in [9.17, 15) is 4.57 Å². The van der Waals surface area contributed by atoms with Gasteiger partial charge in [0.1, 0.15) is 0 Å². The normalized spacial score (nSPS) is 18.5. The zero-order valence-electron chi connectivity index (χ0n) is 11.0. The lowest BCUT2D eigenvalue weighted by Crippen LogP contribution is -2.17. The topological polar surface area (TPSA) is 44.8 Å². The van der Waals surface area contributed by atoms with Crippen LogP contribution in [0.3, 0.4) is 0 Å². The Balaban J connectivity index is 2.45. The summed E-state index contributed by atoms with van der Waals surface area (Å²) in [6, 6.07) is 0. The average molecular weight is 264 g/mol. The molecule has 5 heteroatoms. The molecule has 17 heavy (non-hydrogen) atoms. The number of rotatable bonds is 8. The quantitative estimate of drug-likeness (QED) is 0.613. The SMILES string of the molecule is CCCOP(=O)(OCCC)OC1CCCCC1. The molecule has 0 bridgehead atoms. The fraction of sp³-hybridized carbons (Fsp3) is 1.00. The predicted molar refractivity (Wildman–Crippen MR) is 68.1 cm³/mol. The second kappa shape index (κ2) is 8.25. The third-order valence-corrected chi connectivity index (χ3v) is 4.29. The molecule has 0 radical (unpaired) electrons. The van der Waals surface area contributed by atoms with E-state index in [1.165, 1.54) is 6.42 Å². The zero-order chi connectivity index (χ0) is 12.6. The Morgan fingerprint density at radius 1 is 1.00 bits per heavy atom. The van der Waals surface area contributed by atoms with Crippen LogP contribution in [-0.4, -0.2) is 19.3 Å². The van der Waals surface area contributed by atoms with Crippen molar-refractivity contribution in [2.24, 2.45) is 0 Å². The van der Waals surface area contributed by atoms with Crippen LogP contribution in [0.25, 0.3) is 0 Å². The monoisotopic (exact) mass is 264 g/mol. The minimum Gasteiger partial charge on any atom is -0.287 e. The summed E-state index contributed by atoms with van der Waals surface area (Å²) >= 11 is 0. The van der Waals surface area contributed by atoms with Crippen LogP contribution in [0.2, 0.25) is 0 Å². The van der Waals surface area contributed by atoms with Crippen molar-refractivity contribution in [1.29, 1.82) is 0 Å². The molecule has 1 aliphatic rings. The predicted octanol–water partition coefficient (Wildman–Crippen LogP) is 4.30. The summed E-state index contributed by atoms with van der Waals surface area (Å²) in [4.78, 5) is 0. The molecule has 0 aliphatic heterocycles. The molecule has 0 heterocycles. The highest BCUT2D eigenvalue weighted by Crippen LogP contribution is 2.52. The first-order valence-corrected chi connectivity index (χ1v) is 8.23. The van der Waals surface area contributed by atoms with Crippen LogP contribution in [-0.2, 0) is 18.1 Å². The van der Waals surface area contributed by atoms with Gasteiger partial charge in [0.25, 0.3) is 0 Å². The van der Waals surface area contributed by atoms with E-state index in [1.54, 1.807) is 0 Å². The third kappa shape index (κ3) is 6.01. The van der Waals surface area contributed by atoms with E-state index < -0.39 is 7.82 Å². The lowest BCUT2D eigenvalue weighted by atomic mass is 9.98. The summed E-state index contributed by atoms with van der Waals surface area (Å²) in [6.45, 7) is 4.80. The summed E-state index contributed by atoms with van der Waals surface area (Å²) in [5, 5.41) is 0. The maximum Gasteiger partial charge on any atom is 0.475 e. The van der Waals surface area contributed by atoms with Gasteiger partial charge in [-0.1, -0.05) is 33.1 Å². The largest absolute Gasteiger partial charge is 0.475 e. The minimum atomic E-state index is -3.32. The zero-order valence-corrected chi connectivity index (χ0v) is 11.9. The number of phosphoric ester groups is 1. The molecule has 1 saturated carbocycles. The van der Waals surface area contributed by atoms with Crippen molar-refractivity contribution in [3.8, 4) is 0 Å². The van der Waals surface area contributed by atoms with E-state index in [4.69, 9.17) is 13.6 Å². The standard InChI is InChI=1S/C12H25O4P/c1-3-10-14-17(13,15-11-4-2)16-12-8-6-5-7-9-12/h12H,3-11H2,1-2H3. The first-order chi connectivity index (χ1) is 8.20. The van der Waals surface area contributed by atoms with Gasteiger partial charge in [0, 0.05) is 0 Å². The van der Waals surface area contributed by atoms with Gasteiger partial charge in [0.2, 0.25) is 0 Å². The lowest BCUT2D eigenvalue weighted by Gasteiger charge is -2.26. The van der Waals surface area contributed by atoms with Crippen molar-refractivity contribution in [3.63, 3.8) is 0 Å². The van der Waals surface area contributed by atoms with Gasteiger partial charge in [0.05, 0.1) is 19.3 Å². The molecule has 4 nitrogen and oxygen atoms in total. The first kappa shape index (κ1) is 15.2. The second-order valence-electron chi connectivity index (χ2n) is 4.48. The van der Waals surface area contributed by atoms with Crippen LogP contribution in [0.5, 0.6) is 0 Å². The molecule has 0 aromatic heterocycles. The average Bonchev–Trinajstić information content (AvgIpc) is 2.35. The smallest absolute Gasteiger partial charge is 0.287 e. The van der Waals surface area contributed by atoms with Crippen LogP contribution < -0.4 is 0 Å². The molecule has 0 unspecified atom stereocenters. The lowest BCUT2D eigenvalue weighted by molar-refractivity contribution is 0.0617. The highest BCUT2D eigenvalue weighted by Gasteiger charge is 2.31. The van der Waals surface area contributed by atoms with Gasteiger partial charge in [-0.15, -0.1) is 0 Å². The van der Waals surface area contributed by atoms with Crippen LogP contribution in [0.15, 0.2) is 0 Å². The molecule has 0 saturated heterocycles. The van der Waals surface area contributed by atoms with Crippen molar-refractivity contribution in [2.45, 2.75) is 64.9 Å². The minimum absolute atomic E-state index is 0.0447. The summed E-state index contributed by atoms with van der Waals surface area (Å²) < 4.78 is 28.5. The number of phosphoric acid groups is 1. The second-order valence-corrected chi connectivity index (χ2v) is 6.10. The van der Waals surface area contributed by atoms with Crippen LogP contribution in [0.4, 0.5) is 0 Å². The van der Waals surface area contributed by atoms with Gasteiger partial charge in [-0.3, -0.25) is 13.6 Å². The van der Waals surface area contributed by atoms with E-state index in [-0.39, 0.29) is 6.10 Å². The van der Waals surface area contributed by atoms with Crippen LogP contribution >= 0.6 is 7.82 Å². The van der Waals surface area contributed by atoms with Crippen molar-refractivity contribution < 1.29 is 18.1 Å². The fourth-order valence-corrected chi connectivity index (χ4v) is 3.44. The molecule has 0 amide bonds. The Morgan fingerprint density at radius 3 is 2.00 bits per heavy atom. The van der Waals surface area contributed by atoms with Crippen LogP contribution in [0.1, 0.15) is 58.8 Å². The summed E-state index contributed by atoms with van der Waals surface area (Å²) in [7, 11) is -3.32. The number of hydrogen-bond acceptors (Lipinski definition) is 4. The van der Waals surface area contributed by atoms with Crippen molar-refractivity contribution >= 4 is 7.82 Å². The molecule has 102 valence electrons. The Labute approximate surface area is 105 Å². The first-order valence-electron chi connectivity index (χ1n) is 6.77. The molecule has 1 aliphatic carbocycles. The molecular weight excluding hydrogens is 239 g/mol. The molecular formula is C12H25O4P. The molecule has 0 N–H and O–H groups in total. The fourth-order valence-electron chi connectivity index (χ4n) is 1.86. The van der Waals surface area contributed by atoms with Gasteiger partial charge in [-0.2, -0.15) is 0 Å². The van der Waals surface area contributed by atoms with Crippen LogP contribution in [0, 0.1) is 0 Å². The molecule has 0 atom stereocenters. The van der Waals surface area contributed by atoms with E-state index in [0.29, 0.717) is 13.2 Å². The maximum atomic E-state index is 12.3. The highest BCUT2D eigenvalue weighted by atomic mass is 31.2. The summed E-state index contributed by atoms with van der Waals surface area (Å²) in [5.41, 5.74) is 0. The third-order valence-electron chi connectivity index (χ3n) is 2.74. The Hall–Kier alpha value is 0.110.